The van der Waals surface area contributed by atoms with Crippen LogP contribution in [-0.2, 0) is 11.0 Å². The van der Waals surface area contributed by atoms with Gasteiger partial charge in [-0.25, -0.2) is 4.39 Å². The van der Waals surface area contributed by atoms with E-state index in [2.05, 4.69) is 0 Å². The molecule has 0 bridgehead atoms. The lowest BCUT2D eigenvalue weighted by Gasteiger charge is -2.15. The maximum atomic E-state index is 14.1. The molecule has 0 saturated carbocycles. The fraction of sp³-hybridized carbons (Fsp3) is 0.150. The summed E-state index contributed by atoms with van der Waals surface area (Å²) in [5, 5.41) is -0.624. The van der Waals surface area contributed by atoms with Gasteiger partial charge in [-0.3, -0.25) is 4.79 Å². The van der Waals surface area contributed by atoms with Gasteiger partial charge >= 0.3 is 6.18 Å². The van der Waals surface area contributed by atoms with Crippen molar-refractivity contribution in [3.05, 3.63) is 63.9 Å². The lowest BCUT2D eigenvalue weighted by atomic mass is 10.1. The third-order valence-electron chi connectivity index (χ3n) is 4.06. The van der Waals surface area contributed by atoms with E-state index in [-0.39, 0.29) is 5.75 Å². The van der Waals surface area contributed by atoms with Gasteiger partial charge in [-0.05, 0) is 59.6 Å². The summed E-state index contributed by atoms with van der Waals surface area (Å²) in [7, 11) is 0. The number of benzene rings is 3. The number of rotatable bonds is 5. The first kappa shape index (κ1) is 22.5. The number of fused-ring (bicyclic) bond motifs is 1. The summed E-state index contributed by atoms with van der Waals surface area (Å²) in [6.07, 6.45) is -5.78. The van der Waals surface area contributed by atoms with Crippen LogP contribution >= 0.6 is 34.8 Å². The molecule has 3 aromatic rings. The molecule has 3 aromatic carbocycles. The van der Waals surface area contributed by atoms with Crippen LogP contribution in [0.3, 0.4) is 0 Å². The van der Waals surface area contributed by atoms with Gasteiger partial charge in [0.15, 0.2) is 17.7 Å². The van der Waals surface area contributed by atoms with Crippen LogP contribution in [0.15, 0.2) is 42.5 Å². The summed E-state index contributed by atoms with van der Waals surface area (Å²) >= 11 is 17.0. The van der Waals surface area contributed by atoms with E-state index in [9.17, 15) is 22.4 Å². The number of hydrogen-bond donors (Lipinski definition) is 0. The Kier molecular flexibility index (Phi) is 6.36. The van der Waals surface area contributed by atoms with E-state index >= 15 is 0 Å². The van der Waals surface area contributed by atoms with Crippen LogP contribution in [0, 0.1) is 5.82 Å². The van der Waals surface area contributed by atoms with Crippen molar-refractivity contribution in [3.8, 4) is 17.2 Å². The van der Waals surface area contributed by atoms with Gasteiger partial charge in [0.25, 0.3) is 5.24 Å². The summed E-state index contributed by atoms with van der Waals surface area (Å²) in [6, 6.07) is 10.0. The predicted molar refractivity (Wildman–Crippen MR) is 106 cm³/mol. The van der Waals surface area contributed by atoms with Crippen LogP contribution in [-0.4, -0.2) is 11.3 Å². The normalized spacial score (nSPS) is 12.7. The van der Waals surface area contributed by atoms with Gasteiger partial charge in [0.05, 0.1) is 10.6 Å². The van der Waals surface area contributed by atoms with Crippen LogP contribution in [0.2, 0.25) is 10.0 Å². The van der Waals surface area contributed by atoms with E-state index in [1.54, 1.807) is 30.3 Å². The second kappa shape index (κ2) is 8.49. The first-order chi connectivity index (χ1) is 14.0. The summed E-state index contributed by atoms with van der Waals surface area (Å²) in [6.45, 7) is 1.51. The minimum absolute atomic E-state index is 0.170. The van der Waals surface area contributed by atoms with Gasteiger partial charge in [-0.1, -0.05) is 35.3 Å². The predicted octanol–water partition coefficient (Wildman–Crippen LogP) is 7.63. The molecule has 3 rings (SSSR count). The lowest BCUT2D eigenvalue weighted by Crippen LogP contribution is -2.18. The molecule has 0 radical (unpaired) electrons. The van der Waals surface area contributed by atoms with E-state index in [0.29, 0.717) is 22.6 Å². The monoisotopic (exact) mass is 480 g/mol. The molecule has 0 aliphatic carbocycles. The molecule has 0 aliphatic rings. The minimum atomic E-state index is -4.95. The first-order valence-corrected chi connectivity index (χ1v) is 9.43. The van der Waals surface area contributed by atoms with Gasteiger partial charge in [0.2, 0.25) is 0 Å². The van der Waals surface area contributed by atoms with Gasteiger partial charge in [0, 0.05) is 0 Å². The quantitative estimate of drug-likeness (QED) is 0.213. The topological polar surface area (TPSA) is 35.5 Å². The Morgan fingerprint density at radius 2 is 1.57 bits per heavy atom. The van der Waals surface area contributed by atoms with Gasteiger partial charge in [0.1, 0.15) is 16.5 Å². The third kappa shape index (κ3) is 4.74. The van der Waals surface area contributed by atoms with Crippen molar-refractivity contribution >= 4 is 50.8 Å². The number of alkyl halides is 3. The molecule has 0 amide bonds. The van der Waals surface area contributed by atoms with E-state index in [4.69, 9.17) is 44.3 Å². The average Bonchev–Trinajstić information content (AvgIpc) is 2.67. The molecule has 10 heteroatoms. The van der Waals surface area contributed by atoms with Crippen LogP contribution in [0.1, 0.15) is 12.5 Å². The zero-order chi connectivity index (χ0) is 22.2. The SMILES string of the molecule is CC(Oc1ccc2cc(Oc3c(Cl)cc(C(F)(F)F)c(F)c3Cl)ccc2c1)C(=O)Cl. The fourth-order valence-corrected chi connectivity index (χ4v) is 3.16. The second-order valence-electron chi connectivity index (χ2n) is 6.20. The Morgan fingerprint density at radius 1 is 1.00 bits per heavy atom. The number of halogens is 7. The summed E-state index contributed by atoms with van der Waals surface area (Å²) in [4.78, 5) is 11.1. The molecule has 0 spiro atoms. The maximum absolute atomic E-state index is 14.1. The van der Waals surface area contributed by atoms with Crippen molar-refractivity contribution in [2.45, 2.75) is 19.2 Å². The molecule has 3 nitrogen and oxygen atoms in total. The van der Waals surface area contributed by atoms with E-state index in [1.165, 1.54) is 13.0 Å². The smallest absolute Gasteiger partial charge is 0.419 e. The van der Waals surface area contributed by atoms with E-state index < -0.39 is 44.7 Å². The zero-order valence-electron chi connectivity index (χ0n) is 15.0. The number of hydrogen-bond acceptors (Lipinski definition) is 3. The van der Waals surface area contributed by atoms with Crippen LogP contribution in [0.5, 0.6) is 17.2 Å². The average molecular weight is 482 g/mol. The highest BCUT2D eigenvalue weighted by Crippen LogP contribution is 2.44. The van der Waals surface area contributed by atoms with E-state index in [1.807, 2.05) is 0 Å². The highest BCUT2D eigenvalue weighted by Gasteiger charge is 2.37. The molecule has 0 aliphatic heterocycles. The van der Waals surface area contributed by atoms with Crippen molar-refractivity contribution in [2.75, 3.05) is 0 Å². The van der Waals surface area contributed by atoms with Crippen LogP contribution < -0.4 is 9.47 Å². The Bertz CT molecular complexity index is 1130. The molecule has 30 heavy (non-hydrogen) atoms. The van der Waals surface area contributed by atoms with Crippen LogP contribution in [0.25, 0.3) is 10.8 Å². The van der Waals surface area contributed by atoms with E-state index in [0.717, 1.165) is 0 Å². The Morgan fingerprint density at radius 3 is 2.13 bits per heavy atom. The minimum Gasteiger partial charge on any atom is -0.482 e. The number of carbonyl (C=O) groups is 1. The van der Waals surface area contributed by atoms with Crippen molar-refractivity contribution < 1.29 is 31.8 Å². The van der Waals surface area contributed by atoms with Crippen molar-refractivity contribution in [1.29, 1.82) is 0 Å². The highest BCUT2D eigenvalue weighted by molar-refractivity contribution is 6.64. The number of ether oxygens (including phenoxy) is 2. The Labute approximate surface area is 183 Å². The number of carbonyl (C=O) groups excluding carboxylic acids is 1. The Balaban J connectivity index is 1.91. The largest absolute Gasteiger partial charge is 0.482 e. The summed E-state index contributed by atoms with van der Waals surface area (Å²) < 4.78 is 63.5. The molecule has 0 aromatic heterocycles. The fourth-order valence-electron chi connectivity index (χ4n) is 2.59. The molecule has 0 heterocycles. The molecular weight excluding hydrogens is 471 g/mol. The molecule has 0 fully saturated rings. The maximum Gasteiger partial charge on any atom is 0.419 e. The second-order valence-corrected chi connectivity index (χ2v) is 7.36. The zero-order valence-corrected chi connectivity index (χ0v) is 17.3. The summed E-state index contributed by atoms with van der Waals surface area (Å²) in [5.41, 5.74) is -1.58. The lowest BCUT2D eigenvalue weighted by molar-refractivity contribution is -0.140. The standard InChI is InChI=1S/C20H11Cl3F4O3/c1-9(19(23)28)29-12-4-2-11-7-13(5-3-10(11)6-12)30-18-15(21)8-14(20(25,26)27)17(24)16(18)22/h2-9H,1H3. The van der Waals surface area contributed by atoms with Crippen LogP contribution in [0.4, 0.5) is 17.6 Å². The van der Waals surface area contributed by atoms with Gasteiger partial charge in [-0.2, -0.15) is 13.2 Å². The molecule has 0 N–H and O–H groups in total. The molecule has 1 atom stereocenters. The van der Waals surface area contributed by atoms with Crippen molar-refractivity contribution in [2.24, 2.45) is 0 Å². The van der Waals surface area contributed by atoms with Gasteiger partial charge in [-0.15, -0.1) is 0 Å². The summed E-state index contributed by atoms with van der Waals surface area (Å²) in [5.74, 6) is -1.52. The van der Waals surface area contributed by atoms with Crippen molar-refractivity contribution in [3.63, 3.8) is 0 Å². The molecule has 1 unspecified atom stereocenters. The van der Waals surface area contributed by atoms with Crippen molar-refractivity contribution in [1.82, 2.24) is 0 Å². The molecule has 0 saturated heterocycles. The highest BCUT2D eigenvalue weighted by atomic mass is 35.5. The van der Waals surface area contributed by atoms with Gasteiger partial charge < -0.3 is 9.47 Å². The Hall–Kier alpha value is -2.22. The third-order valence-corrected chi connectivity index (χ3v) is 4.98. The molecule has 158 valence electrons. The molecular formula is C20H11Cl3F4O3. The first-order valence-electron chi connectivity index (χ1n) is 8.29.